The summed E-state index contributed by atoms with van der Waals surface area (Å²) in [6.45, 7) is 2.66. The normalized spacial score (nSPS) is 14.2. The van der Waals surface area contributed by atoms with Gasteiger partial charge in [-0.15, -0.1) is 0 Å². The monoisotopic (exact) mass is 394 g/mol. The van der Waals surface area contributed by atoms with E-state index in [1.807, 2.05) is 24.3 Å². The van der Waals surface area contributed by atoms with Gasteiger partial charge in [-0.05, 0) is 56.1 Å². The number of allylic oxidation sites excluding steroid dienone is 3. The van der Waals surface area contributed by atoms with Crippen molar-refractivity contribution in [1.29, 1.82) is 0 Å². The average molecular weight is 395 g/mol. The predicted molar refractivity (Wildman–Crippen MR) is 108 cm³/mol. The molecule has 1 aromatic carbocycles. The average Bonchev–Trinajstić information content (AvgIpc) is 3.07. The second kappa shape index (κ2) is 9.34. The van der Waals surface area contributed by atoms with Crippen LogP contribution in [0.5, 0.6) is 0 Å². The highest BCUT2D eigenvalue weighted by Gasteiger charge is 2.06. The Morgan fingerprint density at radius 1 is 1.08 bits per heavy atom. The van der Waals surface area contributed by atoms with Gasteiger partial charge in [-0.1, -0.05) is 34.9 Å². The molecule has 0 aliphatic heterocycles. The number of aromatic nitrogens is 2. The molecule has 132 valence electrons. The zero-order valence-corrected chi connectivity index (χ0v) is 16.1. The summed E-state index contributed by atoms with van der Waals surface area (Å²) in [5, 5.41) is 9.16. The largest absolute Gasteiger partial charge is 0.359 e. The number of hydrogen-bond donors (Lipinski definition) is 2. The quantitative estimate of drug-likeness (QED) is 0.611. The van der Waals surface area contributed by atoms with Crippen LogP contribution in [-0.4, -0.2) is 29.0 Å². The van der Waals surface area contributed by atoms with Gasteiger partial charge in [0.05, 0.1) is 0 Å². The summed E-state index contributed by atoms with van der Waals surface area (Å²) in [7, 11) is 0. The van der Waals surface area contributed by atoms with Crippen LogP contribution in [0.15, 0.2) is 47.0 Å². The van der Waals surface area contributed by atoms with Gasteiger partial charge >= 0.3 is 0 Å². The van der Waals surface area contributed by atoms with Gasteiger partial charge in [0.2, 0.25) is 5.13 Å². The Hall–Kier alpha value is -1.40. The second-order valence-electron chi connectivity index (χ2n) is 5.79. The van der Waals surface area contributed by atoms with Crippen LogP contribution in [-0.2, 0) is 0 Å². The smallest absolute Gasteiger partial charge is 0.202 e. The molecule has 0 atom stereocenters. The Bertz CT molecular complexity index is 753. The summed E-state index contributed by atoms with van der Waals surface area (Å²) in [6, 6.07) is 7.55. The molecular formula is C18H20Cl2N4S. The number of benzene rings is 1. The SMILES string of the molecule is ClC1=CCCC(CCNCCNc2nc(-c3ccc(Cl)cc3)ns2)=C1. The van der Waals surface area contributed by atoms with E-state index in [-0.39, 0.29) is 0 Å². The first kappa shape index (κ1) is 18.4. The lowest BCUT2D eigenvalue weighted by molar-refractivity contribution is 0.682. The molecule has 1 heterocycles. The molecule has 0 bridgehead atoms. The third-order valence-electron chi connectivity index (χ3n) is 3.88. The van der Waals surface area contributed by atoms with E-state index in [4.69, 9.17) is 23.2 Å². The molecular weight excluding hydrogens is 375 g/mol. The van der Waals surface area contributed by atoms with Crippen LogP contribution in [0.25, 0.3) is 11.4 Å². The molecule has 0 fully saturated rings. The number of hydrogen-bond acceptors (Lipinski definition) is 5. The molecule has 0 spiro atoms. The lowest BCUT2D eigenvalue weighted by atomic mass is 10.0. The van der Waals surface area contributed by atoms with Crippen LogP contribution in [0.4, 0.5) is 5.13 Å². The van der Waals surface area contributed by atoms with E-state index in [0.717, 1.165) is 60.4 Å². The van der Waals surface area contributed by atoms with Crippen LogP contribution < -0.4 is 10.6 Å². The number of anilines is 1. The highest BCUT2D eigenvalue weighted by Crippen LogP contribution is 2.23. The third-order valence-corrected chi connectivity index (χ3v) is 5.06. The lowest BCUT2D eigenvalue weighted by Crippen LogP contribution is -2.23. The third kappa shape index (κ3) is 5.82. The minimum Gasteiger partial charge on any atom is -0.359 e. The molecule has 0 saturated heterocycles. The van der Waals surface area contributed by atoms with Gasteiger partial charge in [-0.25, -0.2) is 0 Å². The summed E-state index contributed by atoms with van der Waals surface area (Å²) in [5.41, 5.74) is 2.39. The number of rotatable bonds is 8. The van der Waals surface area contributed by atoms with Crippen molar-refractivity contribution in [1.82, 2.24) is 14.7 Å². The Labute approximate surface area is 162 Å². The van der Waals surface area contributed by atoms with Gasteiger partial charge in [0, 0.05) is 40.2 Å². The van der Waals surface area contributed by atoms with Gasteiger partial charge in [-0.2, -0.15) is 9.36 Å². The molecule has 0 saturated carbocycles. The van der Waals surface area contributed by atoms with E-state index in [1.165, 1.54) is 17.1 Å². The van der Waals surface area contributed by atoms with E-state index < -0.39 is 0 Å². The van der Waals surface area contributed by atoms with Gasteiger partial charge in [0.25, 0.3) is 0 Å². The second-order valence-corrected chi connectivity index (χ2v) is 7.41. The van der Waals surface area contributed by atoms with Gasteiger partial charge in [0.15, 0.2) is 5.82 Å². The first-order chi connectivity index (χ1) is 12.2. The molecule has 2 aromatic rings. The summed E-state index contributed by atoms with van der Waals surface area (Å²) in [6.07, 6.45) is 7.38. The number of nitrogens with one attached hydrogen (secondary N) is 2. The fourth-order valence-corrected chi connectivity index (χ4v) is 3.56. The summed E-state index contributed by atoms with van der Waals surface area (Å²) >= 11 is 13.3. The van der Waals surface area contributed by atoms with E-state index in [1.54, 1.807) is 0 Å². The van der Waals surface area contributed by atoms with E-state index >= 15 is 0 Å². The highest BCUT2D eigenvalue weighted by atomic mass is 35.5. The maximum atomic E-state index is 6.03. The van der Waals surface area contributed by atoms with E-state index in [0.29, 0.717) is 5.02 Å². The zero-order valence-electron chi connectivity index (χ0n) is 13.8. The van der Waals surface area contributed by atoms with Gasteiger partial charge in [-0.3, -0.25) is 0 Å². The van der Waals surface area contributed by atoms with Crippen LogP contribution in [0.1, 0.15) is 19.3 Å². The predicted octanol–water partition coefficient (Wildman–Crippen LogP) is 5.09. The first-order valence-electron chi connectivity index (χ1n) is 8.30. The van der Waals surface area contributed by atoms with Gasteiger partial charge in [0.1, 0.15) is 0 Å². The molecule has 7 heteroatoms. The van der Waals surface area contributed by atoms with Gasteiger partial charge < -0.3 is 10.6 Å². The maximum absolute atomic E-state index is 6.03. The standard InChI is InChI=1S/C18H20Cl2N4S/c19-15-6-4-14(5-7-15)17-23-18(25-24-17)22-11-10-21-9-8-13-2-1-3-16(20)12-13/h3-7,12,21H,1-2,8-11H2,(H,22,23,24). The Morgan fingerprint density at radius 2 is 1.92 bits per heavy atom. The molecule has 0 unspecified atom stereocenters. The van der Waals surface area contributed by atoms with Crippen molar-refractivity contribution in [3.05, 3.63) is 52.0 Å². The zero-order chi connectivity index (χ0) is 17.5. The molecule has 3 rings (SSSR count). The topological polar surface area (TPSA) is 49.8 Å². The number of nitrogens with zero attached hydrogens (tertiary/aromatic N) is 2. The molecule has 2 N–H and O–H groups in total. The minimum absolute atomic E-state index is 0.714. The molecule has 1 aromatic heterocycles. The summed E-state index contributed by atoms with van der Waals surface area (Å²) < 4.78 is 4.38. The van der Waals surface area contributed by atoms with Crippen LogP contribution in [0, 0.1) is 0 Å². The fourth-order valence-electron chi connectivity index (χ4n) is 2.56. The van der Waals surface area contributed by atoms with Crippen molar-refractivity contribution in [2.45, 2.75) is 19.3 Å². The molecule has 25 heavy (non-hydrogen) atoms. The molecule has 4 nitrogen and oxygen atoms in total. The van der Waals surface area contributed by atoms with Crippen molar-refractivity contribution in [2.75, 3.05) is 25.0 Å². The van der Waals surface area contributed by atoms with Crippen molar-refractivity contribution in [3.8, 4) is 11.4 Å². The van der Waals surface area contributed by atoms with E-state index in [2.05, 4.69) is 32.1 Å². The Balaban J connectivity index is 1.35. The molecule has 1 aliphatic carbocycles. The summed E-state index contributed by atoms with van der Waals surface area (Å²) in [4.78, 5) is 4.51. The number of halogens is 2. The Kier molecular flexibility index (Phi) is 6.87. The van der Waals surface area contributed by atoms with Crippen molar-refractivity contribution < 1.29 is 0 Å². The van der Waals surface area contributed by atoms with Crippen molar-refractivity contribution in [3.63, 3.8) is 0 Å². The molecule has 0 radical (unpaired) electrons. The van der Waals surface area contributed by atoms with Crippen molar-refractivity contribution >= 4 is 39.9 Å². The molecule has 1 aliphatic rings. The van der Waals surface area contributed by atoms with Crippen LogP contribution >= 0.6 is 34.7 Å². The van der Waals surface area contributed by atoms with E-state index in [9.17, 15) is 0 Å². The Morgan fingerprint density at radius 3 is 2.72 bits per heavy atom. The molecule has 0 amide bonds. The lowest BCUT2D eigenvalue weighted by Gasteiger charge is -2.11. The summed E-state index contributed by atoms with van der Waals surface area (Å²) in [5.74, 6) is 0.728. The highest BCUT2D eigenvalue weighted by molar-refractivity contribution is 7.09. The van der Waals surface area contributed by atoms with Crippen molar-refractivity contribution in [2.24, 2.45) is 0 Å². The van der Waals surface area contributed by atoms with Crippen LogP contribution in [0.3, 0.4) is 0 Å². The first-order valence-corrected chi connectivity index (χ1v) is 9.83. The maximum Gasteiger partial charge on any atom is 0.202 e. The van der Waals surface area contributed by atoms with Crippen LogP contribution in [0.2, 0.25) is 5.02 Å². The fraction of sp³-hybridized carbons (Fsp3) is 0.333. The minimum atomic E-state index is 0.714.